The minimum absolute atomic E-state index is 0.0582. The Labute approximate surface area is 126 Å². The van der Waals surface area contributed by atoms with E-state index in [1.165, 1.54) is 17.3 Å². The zero-order valence-electron chi connectivity index (χ0n) is 11.6. The average molecular weight is 308 g/mol. The average Bonchev–Trinajstić information content (AvgIpc) is 2.93. The predicted molar refractivity (Wildman–Crippen MR) is 77.4 cm³/mol. The molecule has 112 valence electrons. The van der Waals surface area contributed by atoms with Gasteiger partial charge in [-0.15, -0.1) is 10.2 Å². The number of benzene rings is 1. The normalized spacial score (nSPS) is 10.5. The van der Waals surface area contributed by atoms with Crippen molar-refractivity contribution in [2.24, 2.45) is 0 Å². The summed E-state index contributed by atoms with van der Waals surface area (Å²) in [7, 11) is 0. The third kappa shape index (κ3) is 5.11. The van der Waals surface area contributed by atoms with Crippen LogP contribution in [-0.2, 0) is 17.8 Å². The Kier molecular flexibility index (Phi) is 5.62. The van der Waals surface area contributed by atoms with E-state index in [1.54, 1.807) is 0 Å². The standard InChI is InChI=1S/C14H16N2O4S/c1-2-10-3-5-11(6-4-10)19-9-12-15-16-14(20-12)21-8-7-13(17)18/h3-6H,2,7-9H2,1H3,(H,17,18). The number of hydrogen-bond acceptors (Lipinski definition) is 6. The molecule has 1 N–H and O–H groups in total. The van der Waals surface area contributed by atoms with Gasteiger partial charge >= 0.3 is 5.97 Å². The molecule has 0 fully saturated rings. The Bertz CT molecular complexity index is 583. The van der Waals surface area contributed by atoms with E-state index in [2.05, 4.69) is 17.1 Å². The molecule has 0 amide bonds. The molecule has 2 rings (SSSR count). The lowest BCUT2D eigenvalue weighted by molar-refractivity contribution is -0.136. The summed E-state index contributed by atoms with van der Waals surface area (Å²) in [6.07, 6.45) is 1.05. The number of aliphatic carboxylic acids is 1. The molecule has 6 nitrogen and oxygen atoms in total. The van der Waals surface area contributed by atoms with E-state index >= 15 is 0 Å². The van der Waals surface area contributed by atoms with Crippen molar-refractivity contribution in [3.05, 3.63) is 35.7 Å². The summed E-state index contributed by atoms with van der Waals surface area (Å²) in [6.45, 7) is 2.29. The summed E-state index contributed by atoms with van der Waals surface area (Å²) in [4.78, 5) is 10.4. The van der Waals surface area contributed by atoms with Gasteiger partial charge in [0.1, 0.15) is 5.75 Å². The third-order valence-electron chi connectivity index (χ3n) is 2.68. The number of thioether (sulfide) groups is 1. The fraction of sp³-hybridized carbons (Fsp3) is 0.357. The first-order valence-electron chi connectivity index (χ1n) is 6.56. The van der Waals surface area contributed by atoms with Gasteiger partial charge in [0.15, 0.2) is 6.61 Å². The van der Waals surface area contributed by atoms with Crippen molar-refractivity contribution in [3.8, 4) is 5.75 Å². The number of carbonyl (C=O) groups is 1. The van der Waals surface area contributed by atoms with Gasteiger partial charge in [-0.3, -0.25) is 4.79 Å². The highest BCUT2D eigenvalue weighted by atomic mass is 32.2. The maximum atomic E-state index is 10.4. The molecular formula is C14H16N2O4S. The fourth-order valence-electron chi connectivity index (χ4n) is 1.55. The lowest BCUT2D eigenvalue weighted by Gasteiger charge is -2.03. The second kappa shape index (κ2) is 7.68. The van der Waals surface area contributed by atoms with Crippen molar-refractivity contribution in [2.45, 2.75) is 31.6 Å². The van der Waals surface area contributed by atoms with Gasteiger partial charge in [0.25, 0.3) is 11.1 Å². The van der Waals surface area contributed by atoms with Gasteiger partial charge in [-0.05, 0) is 24.1 Å². The van der Waals surface area contributed by atoms with E-state index in [0.717, 1.165) is 12.2 Å². The quantitative estimate of drug-likeness (QED) is 0.750. The monoisotopic (exact) mass is 308 g/mol. The first-order chi connectivity index (χ1) is 10.2. The third-order valence-corrected chi connectivity index (χ3v) is 3.50. The number of aromatic nitrogens is 2. The molecule has 0 aliphatic carbocycles. The molecule has 21 heavy (non-hydrogen) atoms. The first kappa shape index (κ1) is 15.4. The van der Waals surface area contributed by atoms with E-state index < -0.39 is 5.97 Å². The molecule has 2 aromatic rings. The number of carboxylic acid groups (broad SMARTS) is 1. The van der Waals surface area contributed by atoms with Gasteiger partial charge in [-0.2, -0.15) is 0 Å². The molecule has 7 heteroatoms. The van der Waals surface area contributed by atoms with Crippen LogP contribution in [0, 0.1) is 0 Å². The molecule has 0 atom stereocenters. The van der Waals surface area contributed by atoms with E-state index in [1.807, 2.05) is 24.3 Å². The molecule has 0 spiro atoms. The van der Waals surface area contributed by atoms with Gasteiger partial charge in [0, 0.05) is 5.75 Å². The highest BCUT2D eigenvalue weighted by Gasteiger charge is 2.08. The predicted octanol–water partition coefficient (Wildman–Crippen LogP) is 2.78. The summed E-state index contributed by atoms with van der Waals surface area (Å²) in [6, 6.07) is 7.82. The zero-order chi connectivity index (χ0) is 15.1. The topological polar surface area (TPSA) is 85.5 Å². The maximum Gasteiger partial charge on any atom is 0.304 e. The van der Waals surface area contributed by atoms with Crippen LogP contribution >= 0.6 is 11.8 Å². The summed E-state index contributed by atoms with van der Waals surface area (Å²) in [5, 5.41) is 16.6. The van der Waals surface area contributed by atoms with Crippen molar-refractivity contribution in [1.82, 2.24) is 10.2 Å². The molecule has 0 saturated heterocycles. The molecule has 1 heterocycles. The summed E-state index contributed by atoms with van der Waals surface area (Å²) < 4.78 is 10.9. The van der Waals surface area contributed by atoms with E-state index in [4.69, 9.17) is 14.3 Å². The molecule has 1 aromatic heterocycles. The molecule has 0 radical (unpaired) electrons. The minimum atomic E-state index is -0.846. The molecule has 0 saturated carbocycles. The van der Waals surface area contributed by atoms with Gasteiger partial charge in [0.05, 0.1) is 6.42 Å². The molecule has 0 aliphatic rings. The number of hydrogen-bond donors (Lipinski definition) is 1. The Morgan fingerprint density at radius 1 is 1.33 bits per heavy atom. The molecule has 0 unspecified atom stereocenters. The van der Waals surface area contributed by atoms with Crippen molar-refractivity contribution in [2.75, 3.05) is 5.75 Å². The van der Waals surface area contributed by atoms with E-state index in [9.17, 15) is 4.79 Å². The van der Waals surface area contributed by atoms with Gasteiger partial charge in [0.2, 0.25) is 0 Å². The van der Waals surface area contributed by atoms with Gasteiger partial charge < -0.3 is 14.3 Å². The van der Waals surface area contributed by atoms with E-state index in [-0.39, 0.29) is 13.0 Å². The van der Waals surface area contributed by atoms with Crippen LogP contribution in [0.4, 0.5) is 0 Å². The van der Waals surface area contributed by atoms with Crippen LogP contribution in [0.1, 0.15) is 24.8 Å². The van der Waals surface area contributed by atoms with E-state index in [0.29, 0.717) is 16.9 Å². The summed E-state index contributed by atoms with van der Waals surface area (Å²) in [5.74, 6) is 0.662. The Morgan fingerprint density at radius 2 is 2.10 bits per heavy atom. The second-order valence-electron chi connectivity index (χ2n) is 4.24. The minimum Gasteiger partial charge on any atom is -0.484 e. The van der Waals surface area contributed by atoms with Crippen LogP contribution in [-0.4, -0.2) is 27.0 Å². The largest absolute Gasteiger partial charge is 0.484 e. The zero-order valence-corrected chi connectivity index (χ0v) is 12.4. The Balaban J connectivity index is 1.80. The maximum absolute atomic E-state index is 10.4. The lowest BCUT2D eigenvalue weighted by Crippen LogP contribution is -1.95. The fourth-order valence-corrected chi connectivity index (χ4v) is 2.25. The molecule has 0 bridgehead atoms. The van der Waals surface area contributed by atoms with Crippen molar-refractivity contribution >= 4 is 17.7 Å². The second-order valence-corrected chi connectivity index (χ2v) is 5.29. The van der Waals surface area contributed by atoms with Crippen LogP contribution in [0.25, 0.3) is 0 Å². The smallest absolute Gasteiger partial charge is 0.304 e. The first-order valence-corrected chi connectivity index (χ1v) is 7.54. The van der Waals surface area contributed by atoms with Crippen LogP contribution in [0.2, 0.25) is 0 Å². The number of carboxylic acids is 1. The van der Waals surface area contributed by atoms with Crippen molar-refractivity contribution in [3.63, 3.8) is 0 Å². The van der Waals surface area contributed by atoms with Crippen molar-refractivity contribution in [1.29, 1.82) is 0 Å². The van der Waals surface area contributed by atoms with Crippen molar-refractivity contribution < 1.29 is 19.1 Å². The number of ether oxygens (including phenoxy) is 1. The molecule has 0 aliphatic heterocycles. The molecular weight excluding hydrogens is 292 g/mol. The highest BCUT2D eigenvalue weighted by Crippen LogP contribution is 2.18. The van der Waals surface area contributed by atoms with Crippen LogP contribution in [0.15, 0.2) is 33.9 Å². The Hall–Kier alpha value is -2.02. The summed E-state index contributed by atoms with van der Waals surface area (Å²) in [5.41, 5.74) is 1.25. The van der Waals surface area contributed by atoms with Gasteiger partial charge in [-0.25, -0.2) is 0 Å². The Morgan fingerprint density at radius 3 is 2.76 bits per heavy atom. The summed E-state index contributed by atoms with van der Waals surface area (Å²) >= 11 is 1.22. The SMILES string of the molecule is CCc1ccc(OCc2nnc(SCCC(=O)O)o2)cc1. The highest BCUT2D eigenvalue weighted by molar-refractivity contribution is 7.99. The van der Waals surface area contributed by atoms with Crippen LogP contribution in [0.3, 0.4) is 0 Å². The van der Waals surface area contributed by atoms with Crippen LogP contribution in [0.5, 0.6) is 5.75 Å². The number of aryl methyl sites for hydroxylation is 1. The van der Waals surface area contributed by atoms with Crippen LogP contribution < -0.4 is 4.74 Å². The van der Waals surface area contributed by atoms with Gasteiger partial charge in [-0.1, -0.05) is 30.8 Å². The number of rotatable bonds is 8. The lowest BCUT2D eigenvalue weighted by atomic mass is 10.2. The number of nitrogens with zero attached hydrogens (tertiary/aromatic N) is 2. The molecule has 1 aromatic carbocycles.